The van der Waals surface area contributed by atoms with Gasteiger partial charge in [-0.2, -0.15) is 0 Å². The van der Waals surface area contributed by atoms with Crippen molar-refractivity contribution in [2.45, 2.75) is 32.2 Å². The van der Waals surface area contributed by atoms with Gasteiger partial charge < -0.3 is 5.32 Å². The van der Waals surface area contributed by atoms with Crippen molar-refractivity contribution in [3.8, 4) is 0 Å². The maximum Gasteiger partial charge on any atom is 0.269 e. The first kappa shape index (κ1) is 22.0. The first-order chi connectivity index (χ1) is 16.3. The largest absolute Gasteiger partial charge is 0.326 e. The Labute approximate surface area is 196 Å². The minimum absolute atomic E-state index is 0.0585. The molecule has 1 saturated carbocycles. The Morgan fingerprint density at radius 1 is 1.06 bits per heavy atom. The van der Waals surface area contributed by atoms with E-state index in [1.54, 1.807) is 6.92 Å². The third-order valence-corrected chi connectivity index (χ3v) is 7.36. The highest BCUT2D eigenvalue weighted by Crippen LogP contribution is 2.51. The van der Waals surface area contributed by atoms with E-state index in [0.29, 0.717) is 11.3 Å². The minimum Gasteiger partial charge on any atom is -0.326 e. The Bertz CT molecular complexity index is 1180. The second-order valence-corrected chi connectivity index (χ2v) is 9.32. The predicted octanol–water partition coefficient (Wildman–Crippen LogP) is 4.17. The topological polar surface area (TPSA) is 110 Å². The van der Waals surface area contributed by atoms with E-state index < -0.39 is 11.0 Å². The number of non-ortho nitro benzene ring substituents is 1. The van der Waals surface area contributed by atoms with Crippen LogP contribution in [0.5, 0.6) is 0 Å². The number of nitro benzene ring substituents is 1. The van der Waals surface area contributed by atoms with Crippen LogP contribution in [0.1, 0.15) is 36.4 Å². The van der Waals surface area contributed by atoms with E-state index in [9.17, 15) is 24.5 Å². The van der Waals surface area contributed by atoms with Crippen LogP contribution in [0.15, 0.2) is 60.7 Å². The molecule has 0 radical (unpaired) electrons. The number of benzene rings is 2. The number of likely N-dealkylation sites (tertiary alicyclic amines) is 1. The number of imide groups is 1. The number of allylic oxidation sites excluding steroid dienone is 2. The Kier molecular flexibility index (Phi) is 5.51. The van der Waals surface area contributed by atoms with E-state index in [1.165, 1.54) is 23.1 Å². The highest BCUT2D eigenvalue weighted by Gasteiger charge is 2.58. The first-order valence-corrected chi connectivity index (χ1v) is 11.5. The van der Waals surface area contributed by atoms with Crippen molar-refractivity contribution in [3.63, 3.8) is 0 Å². The summed E-state index contributed by atoms with van der Waals surface area (Å²) in [5.74, 6) is -1.30. The molecule has 0 aromatic heterocycles. The minimum atomic E-state index is -0.718. The number of amides is 3. The number of rotatable bonds is 6. The highest BCUT2D eigenvalue weighted by molar-refractivity contribution is 6.07. The third-order valence-electron chi connectivity index (χ3n) is 7.36. The Morgan fingerprint density at radius 2 is 1.68 bits per heavy atom. The van der Waals surface area contributed by atoms with Crippen LogP contribution in [0.25, 0.3) is 0 Å². The van der Waals surface area contributed by atoms with Crippen molar-refractivity contribution in [2.24, 2.45) is 23.7 Å². The Hall–Kier alpha value is -3.81. The van der Waals surface area contributed by atoms with E-state index >= 15 is 0 Å². The van der Waals surface area contributed by atoms with Gasteiger partial charge in [0.25, 0.3) is 5.69 Å². The monoisotopic (exact) mass is 459 g/mol. The number of hydrogen-bond donors (Lipinski definition) is 1. The van der Waals surface area contributed by atoms with E-state index in [0.717, 1.165) is 18.4 Å². The van der Waals surface area contributed by atoms with Crippen molar-refractivity contribution >= 4 is 29.1 Å². The number of aryl methyl sites for hydroxylation is 1. The smallest absolute Gasteiger partial charge is 0.269 e. The van der Waals surface area contributed by atoms with Gasteiger partial charge in [-0.3, -0.25) is 29.4 Å². The third kappa shape index (κ3) is 3.69. The number of nitrogens with one attached hydrogen (secondary N) is 1. The molecule has 8 heteroatoms. The van der Waals surface area contributed by atoms with Gasteiger partial charge in [0.2, 0.25) is 17.7 Å². The van der Waals surface area contributed by atoms with Crippen molar-refractivity contribution < 1.29 is 19.3 Å². The zero-order valence-electron chi connectivity index (χ0n) is 18.7. The normalized spacial score (nSPS) is 25.9. The quantitative estimate of drug-likeness (QED) is 0.302. The lowest BCUT2D eigenvalue weighted by molar-refractivity contribution is -0.384. The summed E-state index contributed by atoms with van der Waals surface area (Å²) in [7, 11) is 0. The molecule has 34 heavy (non-hydrogen) atoms. The zero-order valence-corrected chi connectivity index (χ0v) is 18.7. The highest BCUT2D eigenvalue weighted by atomic mass is 16.6. The van der Waals surface area contributed by atoms with Crippen LogP contribution in [0.2, 0.25) is 0 Å². The molecule has 2 fully saturated rings. The van der Waals surface area contributed by atoms with E-state index in [2.05, 4.69) is 17.5 Å². The maximum atomic E-state index is 13.5. The number of carbonyl (C=O) groups is 3. The van der Waals surface area contributed by atoms with Crippen molar-refractivity contribution in [2.75, 3.05) is 5.32 Å². The Balaban J connectivity index is 1.42. The number of fused-ring (bicyclic) bond motifs is 1. The molecule has 0 spiro atoms. The van der Waals surface area contributed by atoms with Crippen LogP contribution in [-0.2, 0) is 14.4 Å². The van der Waals surface area contributed by atoms with E-state index in [1.807, 2.05) is 30.3 Å². The summed E-state index contributed by atoms with van der Waals surface area (Å²) in [6.07, 6.45) is 5.87. The number of carbonyl (C=O) groups excluding carboxylic acids is 3. The number of nitrogens with zero attached hydrogens (tertiary/aromatic N) is 2. The molecule has 2 aromatic rings. The van der Waals surface area contributed by atoms with Gasteiger partial charge >= 0.3 is 0 Å². The molecule has 5 unspecified atom stereocenters. The van der Waals surface area contributed by atoms with E-state index in [-0.39, 0.29) is 53.5 Å². The van der Waals surface area contributed by atoms with Gasteiger partial charge in [0.05, 0.1) is 29.2 Å². The summed E-state index contributed by atoms with van der Waals surface area (Å²) >= 11 is 0. The van der Waals surface area contributed by atoms with Crippen LogP contribution in [0.3, 0.4) is 0 Å². The van der Waals surface area contributed by atoms with E-state index in [4.69, 9.17) is 0 Å². The standard InChI is InChI=1S/C26H25N3O5/c1-15-13-19(29(33)34)11-12-20(15)27-22(30)14-21(16-5-3-2-4-6-16)28-25(31)23-17-7-8-18(10-9-17)24(23)26(28)32/h2-8,11-13,17-18,21,23-24H,9-10,14H2,1H3,(H,27,30). The van der Waals surface area contributed by atoms with Crippen molar-refractivity contribution in [1.29, 1.82) is 0 Å². The second kappa shape index (κ2) is 8.52. The summed E-state index contributed by atoms with van der Waals surface area (Å²) in [6, 6.07) is 12.6. The molecule has 3 amide bonds. The van der Waals surface area contributed by atoms with Gasteiger partial charge in [-0.1, -0.05) is 42.5 Å². The molecular formula is C26H25N3O5. The molecule has 1 saturated heterocycles. The molecule has 6 rings (SSSR count). The molecule has 3 aliphatic carbocycles. The molecule has 1 N–H and O–H groups in total. The molecule has 1 aliphatic heterocycles. The van der Waals surface area contributed by atoms with Gasteiger partial charge in [-0.05, 0) is 48.8 Å². The predicted molar refractivity (Wildman–Crippen MR) is 124 cm³/mol. The lowest BCUT2D eigenvalue weighted by Crippen LogP contribution is -2.38. The van der Waals surface area contributed by atoms with Crippen LogP contribution in [0.4, 0.5) is 11.4 Å². The van der Waals surface area contributed by atoms with Crippen LogP contribution in [0, 0.1) is 40.7 Å². The number of anilines is 1. The number of hydrogen-bond acceptors (Lipinski definition) is 5. The molecule has 174 valence electrons. The van der Waals surface area contributed by atoms with Crippen molar-refractivity contribution in [3.05, 3.63) is 81.9 Å². The lowest BCUT2D eigenvalue weighted by atomic mass is 9.63. The zero-order chi connectivity index (χ0) is 24.0. The van der Waals surface area contributed by atoms with Crippen LogP contribution >= 0.6 is 0 Å². The van der Waals surface area contributed by atoms with Gasteiger partial charge in [-0.15, -0.1) is 0 Å². The molecule has 1 heterocycles. The molecular weight excluding hydrogens is 434 g/mol. The average Bonchev–Trinajstić information content (AvgIpc) is 3.12. The fraction of sp³-hybridized carbons (Fsp3) is 0.346. The van der Waals surface area contributed by atoms with Crippen LogP contribution in [-0.4, -0.2) is 27.5 Å². The molecule has 8 nitrogen and oxygen atoms in total. The van der Waals surface area contributed by atoms with Gasteiger partial charge in [-0.25, -0.2) is 0 Å². The summed E-state index contributed by atoms with van der Waals surface area (Å²) in [5.41, 5.74) is 1.67. The van der Waals surface area contributed by atoms with Gasteiger partial charge in [0, 0.05) is 17.8 Å². The molecule has 2 aromatic carbocycles. The summed E-state index contributed by atoms with van der Waals surface area (Å²) < 4.78 is 0. The maximum absolute atomic E-state index is 13.5. The molecule has 2 bridgehead atoms. The second-order valence-electron chi connectivity index (χ2n) is 9.32. The fourth-order valence-electron chi connectivity index (χ4n) is 5.72. The Morgan fingerprint density at radius 3 is 2.21 bits per heavy atom. The average molecular weight is 460 g/mol. The summed E-state index contributed by atoms with van der Waals surface area (Å²) in [4.78, 5) is 52.0. The molecule has 5 atom stereocenters. The SMILES string of the molecule is Cc1cc([N+](=O)[O-])ccc1NC(=O)CC(c1ccccc1)N1C(=O)C2C3C=CC(CC3)C2C1=O. The molecule has 4 aliphatic rings. The fourth-order valence-corrected chi connectivity index (χ4v) is 5.72. The number of nitro groups is 1. The van der Waals surface area contributed by atoms with Crippen molar-refractivity contribution in [1.82, 2.24) is 4.90 Å². The van der Waals surface area contributed by atoms with Gasteiger partial charge in [0.15, 0.2) is 0 Å². The van der Waals surface area contributed by atoms with Gasteiger partial charge in [0.1, 0.15) is 0 Å². The summed E-state index contributed by atoms with van der Waals surface area (Å²) in [6.45, 7) is 1.68. The first-order valence-electron chi connectivity index (χ1n) is 11.5. The van der Waals surface area contributed by atoms with Crippen LogP contribution < -0.4 is 5.32 Å². The summed E-state index contributed by atoms with van der Waals surface area (Å²) in [5, 5.41) is 13.8. The lowest BCUT2D eigenvalue weighted by Gasteiger charge is -2.38.